The molecule has 1 saturated carbocycles. The number of rotatable bonds is 6. The summed E-state index contributed by atoms with van der Waals surface area (Å²) in [5, 5.41) is 11.1. The van der Waals surface area contributed by atoms with Gasteiger partial charge < -0.3 is 10.8 Å². The van der Waals surface area contributed by atoms with E-state index in [2.05, 4.69) is 27.7 Å². The van der Waals surface area contributed by atoms with E-state index >= 15 is 0 Å². The van der Waals surface area contributed by atoms with Crippen molar-refractivity contribution in [3.63, 3.8) is 0 Å². The molecule has 1 fully saturated rings. The molecule has 3 N–H and O–H groups in total. The van der Waals surface area contributed by atoms with Gasteiger partial charge in [-0.1, -0.05) is 40.5 Å². The Kier molecular flexibility index (Phi) is 5.67. The average Bonchev–Trinajstić information content (AvgIpc) is 2.39. The highest BCUT2D eigenvalue weighted by Crippen LogP contribution is 2.50. The van der Waals surface area contributed by atoms with Gasteiger partial charge in [0.25, 0.3) is 0 Å². The highest BCUT2D eigenvalue weighted by atomic mass is 16.3. The molecule has 0 radical (unpaired) electrons. The zero-order valence-corrected chi connectivity index (χ0v) is 12.8. The van der Waals surface area contributed by atoms with Gasteiger partial charge in [-0.15, -0.1) is 0 Å². The molecule has 1 atom stereocenters. The average molecular weight is 255 g/mol. The van der Waals surface area contributed by atoms with E-state index < -0.39 is 5.60 Å². The van der Waals surface area contributed by atoms with Crippen molar-refractivity contribution in [2.24, 2.45) is 23.0 Å². The van der Waals surface area contributed by atoms with Gasteiger partial charge in [0.05, 0.1) is 5.60 Å². The lowest BCUT2D eigenvalue weighted by Gasteiger charge is -2.52. The minimum Gasteiger partial charge on any atom is -0.389 e. The topological polar surface area (TPSA) is 46.2 Å². The maximum atomic E-state index is 11.1. The standard InChI is InChI=1S/C16H33NO/c1-5-7-14-8-10-15(12-17,11-9-14)16(18,6-2)13(3)4/h13-14,18H,5-12,17H2,1-4H3. The summed E-state index contributed by atoms with van der Waals surface area (Å²) in [7, 11) is 0. The summed E-state index contributed by atoms with van der Waals surface area (Å²) in [5.74, 6) is 1.15. The molecule has 0 heterocycles. The van der Waals surface area contributed by atoms with Gasteiger partial charge in [-0.25, -0.2) is 0 Å². The minimum absolute atomic E-state index is 0.0415. The van der Waals surface area contributed by atoms with Crippen LogP contribution in [0.3, 0.4) is 0 Å². The molecular weight excluding hydrogens is 222 g/mol. The normalized spacial score (nSPS) is 32.5. The van der Waals surface area contributed by atoms with Gasteiger partial charge in [-0.2, -0.15) is 0 Å². The van der Waals surface area contributed by atoms with Crippen LogP contribution in [0.2, 0.25) is 0 Å². The number of nitrogens with two attached hydrogens (primary N) is 1. The molecule has 0 bridgehead atoms. The van der Waals surface area contributed by atoms with Gasteiger partial charge in [0, 0.05) is 12.0 Å². The Labute approximate surface area is 113 Å². The van der Waals surface area contributed by atoms with E-state index in [1.807, 2.05) is 0 Å². The van der Waals surface area contributed by atoms with Crippen molar-refractivity contribution in [3.05, 3.63) is 0 Å². The molecule has 2 heteroatoms. The van der Waals surface area contributed by atoms with Crippen LogP contribution in [0.4, 0.5) is 0 Å². The van der Waals surface area contributed by atoms with Gasteiger partial charge in [-0.05, 0) is 43.9 Å². The first-order chi connectivity index (χ1) is 8.45. The third-order valence-corrected chi connectivity index (χ3v) is 5.56. The van der Waals surface area contributed by atoms with Gasteiger partial charge >= 0.3 is 0 Å². The minimum atomic E-state index is -0.584. The smallest absolute Gasteiger partial charge is 0.0735 e. The van der Waals surface area contributed by atoms with Crippen molar-refractivity contribution in [3.8, 4) is 0 Å². The zero-order chi connectivity index (χ0) is 13.8. The van der Waals surface area contributed by atoms with Crippen molar-refractivity contribution in [2.75, 3.05) is 6.54 Å². The summed E-state index contributed by atoms with van der Waals surface area (Å²) < 4.78 is 0. The fourth-order valence-electron chi connectivity index (χ4n) is 4.14. The van der Waals surface area contributed by atoms with E-state index in [9.17, 15) is 5.11 Å². The summed E-state index contributed by atoms with van der Waals surface area (Å²) in [6, 6.07) is 0. The molecule has 0 aromatic carbocycles. The molecule has 1 rings (SSSR count). The lowest BCUT2D eigenvalue weighted by Crippen LogP contribution is -2.57. The third-order valence-electron chi connectivity index (χ3n) is 5.56. The maximum Gasteiger partial charge on any atom is 0.0735 e. The van der Waals surface area contributed by atoms with E-state index in [1.165, 1.54) is 25.7 Å². The highest BCUT2D eigenvalue weighted by Gasteiger charge is 2.51. The molecule has 0 amide bonds. The zero-order valence-electron chi connectivity index (χ0n) is 12.8. The van der Waals surface area contributed by atoms with Crippen LogP contribution in [0.5, 0.6) is 0 Å². The molecule has 0 aliphatic heterocycles. The Morgan fingerprint density at radius 1 is 1.28 bits per heavy atom. The van der Waals surface area contributed by atoms with Crippen LogP contribution in [0.15, 0.2) is 0 Å². The van der Waals surface area contributed by atoms with Crippen molar-refractivity contribution in [2.45, 2.75) is 78.2 Å². The van der Waals surface area contributed by atoms with Crippen LogP contribution in [-0.4, -0.2) is 17.3 Å². The van der Waals surface area contributed by atoms with Crippen LogP contribution in [0, 0.1) is 17.3 Å². The molecule has 1 aliphatic carbocycles. The Bertz CT molecular complexity index is 243. The van der Waals surface area contributed by atoms with Gasteiger partial charge in [0.2, 0.25) is 0 Å². The van der Waals surface area contributed by atoms with Crippen LogP contribution < -0.4 is 5.73 Å². The van der Waals surface area contributed by atoms with Gasteiger partial charge in [-0.3, -0.25) is 0 Å². The first-order valence-electron chi connectivity index (χ1n) is 7.88. The van der Waals surface area contributed by atoms with Crippen molar-refractivity contribution >= 4 is 0 Å². The summed E-state index contributed by atoms with van der Waals surface area (Å²) in [4.78, 5) is 0. The van der Waals surface area contributed by atoms with E-state index in [-0.39, 0.29) is 11.3 Å². The molecule has 0 aromatic rings. The molecule has 0 spiro atoms. The highest BCUT2D eigenvalue weighted by molar-refractivity contribution is 5.02. The van der Waals surface area contributed by atoms with Crippen LogP contribution in [-0.2, 0) is 0 Å². The van der Waals surface area contributed by atoms with Gasteiger partial charge in [0.1, 0.15) is 0 Å². The molecule has 2 nitrogen and oxygen atoms in total. The number of aliphatic hydroxyl groups is 1. The number of hydrogen-bond donors (Lipinski definition) is 2. The summed E-state index contributed by atoms with van der Waals surface area (Å²) in [5.41, 5.74) is 5.47. The first-order valence-corrected chi connectivity index (χ1v) is 7.88. The molecule has 108 valence electrons. The largest absolute Gasteiger partial charge is 0.389 e. The lowest BCUT2D eigenvalue weighted by molar-refractivity contribution is -0.137. The second-order valence-corrected chi connectivity index (χ2v) is 6.65. The quantitative estimate of drug-likeness (QED) is 0.760. The van der Waals surface area contributed by atoms with E-state index in [0.29, 0.717) is 6.54 Å². The molecule has 1 unspecified atom stereocenters. The van der Waals surface area contributed by atoms with E-state index in [1.54, 1.807) is 0 Å². The predicted octanol–water partition coefficient (Wildman–Crippen LogP) is 3.72. The summed E-state index contributed by atoms with van der Waals surface area (Å²) in [6.07, 6.45) is 8.16. The van der Waals surface area contributed by atoms with E-state index in [4.69, 9.17) is 5.73 Å². The van der Waals surface area contributed by atoms with Crippen LogP contribution >= 0.6 is 0 Å². The molecule has 0 saturated heterocycles. The van der Waals surface area contributed by atoms with Crippen molar-refractivity contribution in [1.82, 2.24) is 0 Å². The summed E-state index contributed by atoms with van der Waals surface area (Å²) in [6.45, 7) is 9.28. The first kappa shape index (κ1) is 16.0. The second-order valence-electron chi connectivity index (χ2n) is 6.65. The molecule has 1 aliphatic rings. The Hall–Kier alpha value is -0.0800. The predicted molar refractivity (Wildman–Crippen MR) is 78.4 cm³/mol. The summed E-state index contributed by atoms with van der Waals surface area (Å²) >= 11 is 0. The third kappa shape index (κ3) is 2.75. The molecule has 18 heavy (non-hydrogen) atoms. The maximum absolute atomic E-state index is 11.1. The van der Waals surface area contributed by atoms with Crippen molar-refractivity contribution in [1.29, 1.82) is 0 Å². The lowest BCUT2D eigenvalue weighted by atomic mass is 9.57. The fourth-order valence-corrected chi connectivity index (χ4v) is 4.14. The monoisotopic (exact) mass is 255 g/mol. The van der Waals surface area contributed by atoms with Crippen molar-refractivity contribution < 1.29 is 5.11 Å². The number of hydrogen-bond acceptors (Lipinski definition) is 2. The van der Waals surface area contributed by atoms with E-state index in [0.717, 1.165) is 25.2 Å². The Morgan fingerprint density at radius 2 is 1.83 bits per heavy atom. The fraction of sp³-hybridized carbons (Fsp3) is 1.00. The molecule has 0 aromatic heterocycles. The molecular formula is C16H33NO. The van der Waals surface area contributed by atoms with Gasteiger partial charge in [0.15, 0.2) is 0 Å². The Balaban J connectivity index is 2.82. The van der Waals surface area contributed by atoms with Crippen LogP contribution in [0.1, 0.15) is 72.6 Å². The van der Waals surface area contributed by atoms with Crippen LogP contribution in [0.25, 0.3) is 0 Å². The Morgan fingerprint density at radius 3 is 2.17 bits per heavy atom. The second kappa shape index (κ2) is 6.38. The SMILES string of the molecule is CCCC1CCC(CN)(C(O)(CC)C(C)C)CC1.